The molecule has 2 aliphatic heterocycles. The van der Waals surface area contributed by atoms with Crippen LogP contribution in [0.1, 0.15) is 31.4 Å². The molecule has 2 heterocycles. The Hall–Kier alpha value is -3.19. The van der Waals surface area contributed by atoms with E-state index >= 15 is 0 Å². The monoisotopic (exact) mass is 453 g/mol. The number of rotatable bonds is 4. The summed E-state index contributed by atoms with van der Waals surface area (Å²) in [5.41, 5.74) is 2.11. The zero-order chi connectivity index (χ0) is 23.2. The summed E-state index contributed by atoms with van der Waals surface area (Å²) in [7, 11) is 0. The third-order valence-electron chi connectivity index (χ3n) is 6.09. The van der Waals surface area contributed by atoms with E-state index in [1.807, 2.05) is 4.90 Å². The number of non-ortho nitro benzene ring substituents is 1. The number of benzene rings is 2. The summed E-state index contributed by atoms with van der Waals surface area (Å²) in [6.45, 7) is 7.37. The van der Waals surface area contributed by atoms with Crippen LogP contribution in [0.15, 0.2) is 48.2 Å². The van der Waals surface area contributed by atoms with E-state index < -0.39 is 16.7 Å². The van der Waals surface area contributed by atoms with Crippen LogP contribution in [0.5, 0.6) is 0 Å². The van der Waals surface area contributed by atoms with Crippen LogP contribution in [0.25, 0.3) is 5.57 Å². The van der Waals surface area contributed by atoms with Crippen molar-refractivity contribution >= 4 is 40.4 Å². The van der Waals surface area contributed by atoms with Crippen molar-refractivity contribution in [2.75, 3.05) is 18.0 Å². The largest absolute Gasteiger partial charge is 0.366 e. The Morgan fingerprint density at radius 3 is 2.22 bits per heavy atom. The molecule has 0 bridgehead atoms. The normalized spacial score (nSPS) is 21.5. The van der Waals surface area contributed by atoms with Gasteiger partial charge < -0.3 is 4.90 Å². The van der Waals surface area contributed by atoms with Crippen LogP contribution in [-0.2, 0) is 9.59 Å². The first-order valence-electron chi connectivity index (χ1n) is 10.6. The molecule has 166 valence electrons. The van der Waals surface area contributed by atoms with Gasteiger partial charge in [-0.05, 0) is 60.6 Å². The smallest absolute Gasteiger partial charge is 0.282 e. The summed E-state index contributed by atoms with van der Waals surface area (Å²) in [5, 5.41) is 11.6. The highest BCUT2D eigenvalue weighted by atomic mass is 35.5. The van der Waals surface area contributed by atoms with Gasteiger partial charge in [-0.1, -0.05) is 31.5 Å². The fourth-order valence-corrected chi connectivity index (χ4v) is 4.89. The predicted octanol–water partition coefficient (Wildman–Crippen LogP) is 4.82. The average molecular weight is 454 g/mol. The molecule has 2 aliphatic rings. The topological polar surface area (TPSA) is 83.8 Å². The molecule has 2 unspecified atom stereocenters. The van der Waals surface area contributed by atoms with Gasteiger partial charge in [0.15, 0.2) is 0 Å². The average Bonchev–Trinajstić information content (AvgIpc) is 2.99. The van der Waals surface area contributed by atoms with Gasteiger partial charge >= 0.3 is 0 Å². The van der Waals surface area contributed by atoms with Crippen LogP contribution >= 0.6 is 11.6 Å². The number of carbonyl (C=O) groups is 2. The molecular formula is C24H24ClN3O4. The molecule has 0 radical (unpaired) electrons. The van der Waals surface area contributed by atoms with Crippen LogP contribution in [0, 0.1) is 28.9 Å². The van der Waals surface area contributed by atoms with Crippen LogP contribution in [0.2, 0.25) is 5.02 Å². The Kier molecular flexibility index (Phi) is 5.77. The first-order valence-corrected chi connectivity index (χ1v) is 10.9. The maximum atomic E-state index is 13.7. The van der Waals surface area contributed by atoms with Crippen molar-refractivity contribution in [1.29, 1.82) is 0 Å². The molecule has 2 amide bonds. The summed E-state index contributed by atoms with van der Waals surface area (Å²) in [4.78, 5) is 41.1. The van der Waals surface area contributed by atoms with Crippen molar-refractivity contribution in [3.8, 4) is 0 Å². The van der Waals surface area contributed by atoms with Crippen molar-refractivity contribution in [3.05, 3.63) is 74.4 Å². The number of halogens is 1. The number of carbonyl (C=O) groups excluding carboxylic acids is 2. The van der Waals surface area contributed by atoms with E-state index in [0.717, 1.165) is 6.42 Å². The molecule has 4 rings (SSSR count). The summed E-state index contributed by atoms with van der Waals surface area (Å²) in [6.07, 6.45) is 1.05. The number of nitrogens with zero attached hydrogens (tertiary/aromatic N) is 3. The lowest BCUT2D eigenvalue weighted by atomic mass is 9.91. The van der Waals surface area contributed by atoms with Gasteiger partial charge in [-0.3, -0.25) is 19.7 Å². The number of hydrogen-bond acceptors (Lipinski definition) is 5. The zero-order valence-corrected chi connectivity index (χ0v) is 18.9. The van der Waals surface area contributed by atoms with Crippen molar-refractivity contribution < 1.29 is 14.5 Å². The van der Waals surface area contributed by atoms with E-state index in [9.17, 15) is 19.7 Å². The number of nitro groups is 1. The lowest BCUT2D eigenvalue weighted by Crippen LogP contribution is -2.42. The van der Waals surface area contributed by atoms with E-state index in [1.54, 1.807) is 25.1 Å². The minimum absolute atomic E-state index is 0.0737. The van der Waals surface area contributed by atoms with Crippen molar-refractivity contribution in [1.82, 2.24) is 4.90 Å². The highest BCUT2D eigenvalue weighted by molar-refractivity contribution is 6.46. The lowest BCUT2D eigenvalue weighted by Gasteiger charge is -2.37. The number of likely N-dealkylation sites (tertiary alicyclic amines) is 1. The minimum Gasteiger partial charge on any atom is -0.366 e. The fourth-order valence-electron chi connectivity index (χ4n) is 4.72. The Labute approximate surface area is 191 Å². The number of imide groups is 1. The summed E-state index contributed by atoms with van der Waals surface area (Å²) >= 11 is 6.27. The van der Waals surface area contributed by atoms with Crippen LogP contribution in [-0.4, -0.2) is 34.7 Å². The van der Waals surface area contributed by atoms with E-state index in [2.05, 4.69) is 13.8 Å². The lowest BCUT2D eigenvalue weighted by molar-refractivity contribution is -0.384. The predicted molar refractivity (Wildman–Crippen MR) is 123 cm³/mol. The van der Waals surface area contributed by atoms with E-state index in [4.69, 9.17) is 11.6 Å². The van der Waals surface area contributed by atoms with E-state index in [-0.39, 0.29) is 11.3 Å². The maximum absolute atomic E-state index is 13.7. The zero-order valence-electron chi connectivity index (χ0n) is 18.2. The third-order valence-corrected chi connectivity index (χ3v) is 6.50. The third kappa shape index (κ3) is 3.77. The van der Waals surface area contributed by atoms with Crippen molar-refractivity contribution in [3.63, 3.8) is 0 Å². The fraction of sp³-hybridized carbons (Fsp3) is 0.333. The Bertz CT molecular complexity index is 1130. The van der Waals surface area contributed by atoms with Gasteiger partial charge in [-0.2, -0.15) is 0 Å². The summed E-state index contributed by atoms with van der Waals surface area (Å²) in [6, 6.07) is 10.9. The number of amides is 2. The quantitative estimate of drug-likeness (QED) is 0.376. The van der Waals surface area contributed by atoms with E-state index in [0.29, 0.717) is 52.5 Å². The number of piperidine rings is 1. The number of anilines is 1. The molecular weight excluding hydrogens is 430 g/mol. The highest BCUT2D eigenvalue weighted by Crippen LogP contribution is 2.39. The summed E-state index contributed by atoms with van der Waals surface area (Å²) < 4.78 is 0. The van der Waals surface area contributed by atoms with Crippen LogP contribution in [0.4, 0.5) is 11.4 Å². The molecule has 0 spiro atoms. The SMILES string of the molecule is Cc1c(Cl)cccc1N1C(=O)C(c2ccc([N+](=O)[O-])cc2)=C(N2CC(C)CC(C)C2)C1=O. The summed E-state index contributed by atoms with van der Waals surface area (Å²) in [5.74, 6) is -0.103. The molecule has 32 heavy (non-hydrogen) atoms. The van der Waals surface area contributed by atoms with Gasteiger partial charge in [0.25, 0.3) is 17.5 Å². The van der Waals surface area contributed by atoms with Gasteiger partial charge in [0.1, 0.15) is 5.70 Å². The molecule has 2 atom stereocenters. The Balaban J connectivity index is 1.86. The molecule has 0 aliphatic carbocycles. The minimum atomic E-state index is -0.490. The van der Waals surface area contributed by atoms with Crippen LogP contribution in [0.3, 0.4) is 0 Å². The second-order valence-corrected chi connectivity index (χ2v) is 9.12. The van der Waals surface area contributed by atoms with E-state index in [1.165, 1.54) is 29.2 Å². The van der Waals surface area contributed by atoms with Crippen LogP contribution < -0.4 is 4.90 Å². The number of nitro benzene ring substituents is 1. The highest BCUT2D eigenvalue weighted by Gasteiger charge is 2.44. The van der Waals surface area contributed by atoms with Gasteiger partial charge in [0.05, 0.1) is 16.2 Å². The second-order valence-electron chi connectivity index (χ2n) is 8.71. The first-order chi connectivity index (χ1) is 15.2. The molecule has 8 heteroatoms. The Morgan fingerprint density at radius 2 is 1.62 bits per heavy atom. The molecule has 0 saturated carbocycles. The van der Waals surface area contributed by atoms with Gasteiger partial charge in [-0.25, -0.2) is 4.90 Å². The second kappa shape index (κ2) is 8.39. The first kappa shape index (κ1) is 22.0. The standard InChI is InChI=1S/C24H24ClN3O4/c1-14-11-15(2)13-26(12-14)22-21(17-7-9-18(10-8-17)28(31)32)23(29)27(24(22)30)20-6-4-5-19(25)16(20)3/h4-10,14-15H,11-13H2,1-3H3. The molecule has 1 saturated heterocycles. The van der Waals surface area contributed by atoms with Gasteiger partial charge in [-0.15, -0.1) is 0 Å². The molecule has 1 fully saturated rings. The van der Waals surface area contributed by atoms with Gasteiger partial charge in [0, 0.05) is 30.2 Å². The van der Waals surface area contributed by atoms with Crippen molar-refractivity contribution in [2.24, 2.45) is 11.8 Å². The number of hydrogen-bond donors (Lipinski definition) is 0. The Morgan fingerprint density at radius 1 is 1.00 bits per heavy atom. The molecule has 0 aromatic heterocycles. The van der Waals surface area contributed by atoms with Crippen molar-refractivity contribution in [2.45, 2.75) is 27.2 Å². The maximum Gasteiger partial charge on any atom is 0.282 e. The molecule has 7 nitrogen and oxygen atoms in total. The van der Waals surface area contributed by atoms with Gasteiger partial charge in [0.2, 0.25) is 0 Å². The molecule has 2 aromatic carbocycles. The molecule has 0 N–H and O–H groups in total. The molecule has 2 aromatic rings.